The molecule has 0 spiro atoms. The number of thiazole rings is 2. The summed E-state index contributed by atoms with van der Waals surface area (Å²) >= 11 is 2.65. The van der Waals surface area contributed by atoms with Gasteiger partial charge in [0.1, 0.15) is 33.2 Å². The van der Waals surface area contributed by atoms with Gasteiger partial charge in [0, 0.05) is 47.6 Å². The first kappa shape index (κ1) is 34.4. The highest BCUT2D eigenvalue weighted by Gasteiger charge is 2.61. The maximum absolute atomic E-state index is 14.4. The molecule has 3 aromatic heterocycles. The molecule has 0 aromatic carbocycles. The minimum atomic E-state index is -1.49. The Labute approximate surface area is 290 Å². The lowest BCUT2D eigenvalue weighted by Gasteiger charge is -2.30. The molecule has 0 bridgehead atoms. The van der Waals surface area contributed by atoms with Gasteiger partial charge < -0.3 is 25.4 Å². The highest BCUT2D eigenvalue weighted by atomic mass is 32.1. The van der Waals surface area contributed by atoms with Crippen LogP contribution in [0.3, 0.4) is 0 Å². The molecule has 2 aliphatic heterocycles. The van der Waals surface area contributed by atoms with Gasteiger partial charge in [0.2, 0.25) is 11.8 Å². The zero-order valence-corrected chi connectivity index (χ0v) is 29.1. The van der Waals surface area contributed by atoms with E-state index < -0.39 is 58.7 Å². The van der Waals surface area contributed by atoms with Crippen molar-refractivity contribution in [1.29, 1.82) is 0 Å². The quantitative estimate of drug-likeness (QED) is 0.327. The Morgan fingerprint density at radius 1 is 1.08 bits per heavy atom. The number of rotatable bonds is 5. The first-order valence-corrected chi connectivity index (χ1v) is 18.1. The zero-order valence-electron chi connectivity index (χ0n) is 27.5. The molecule has 3 aromatic rings. The molecule has 2 fully saturated rings. The van der Waals surface area contributed by atoms with Gasteiger partial charge in [-0.1, -0.05) is 25.0 Å². The molecule has 3 N–H and O–H groups in total. The van der Waals surface area contributed by atoms with Gasteiger partial charge in [0.25, 0.3) is 5.56 Å². The number of amides is 3. The summed E-state index contributed by atoms with van der Waals surface area (Å²) in [5, 5.41) is 24.8. The van der Waals surface area contributed by atoms with Crippen molar-refractivity contribution in [3.05, 3.63) is 51.9 Å². The van der Waals surface area contributed by atoms with Crippen LogP contribution in [0.15, 0.2) is 46.3 Å². The molecule has 3 aliphatic rings. The number of aliphatic carboxylic acids is 1. The van der Waals surface area contributed by atoms with E-state index in [0.717, 1.165) is 19.3 Å². The Morgan fingerprint density at radius 3 is 2.49 bits per heavy atom. The van der Waals surface area contributed by atoms with Crippen molar-refractivity contribution in [2.24, 2.45) is 5.92 Å². The lowest BCUT2D eigenvalue weighted by molar-refractivity contribution is -0.145. The SMILES string of the molecule is CC(C)(C)OC(=O)N[C@H]1CCCCC/C=C\[C@H]2C[C@@]2(C(=O)O)NC(=O)[C@@H]2C[C@@H](n3ncc(-c4nccs4)c(-c4nccs4)c3=O)CN2C1=O. The fourth-order valence-corrected chi connectivity index (χ4v) is 7.85. The second-order valence-electron chi connectivity index (χ2n) is 13.6. The lowest BCUT2D eigenvalue weighted by atomic mass is 10.0. The number of carboxylic acid groups (broad SMARTS) is 1. The summed E-state index contributed by atoms with van der Waals surface area (Å²) in [7, 11) is 0. The van der Waals surface area contributed by atoms with E-state index in [2.05, 4.69) is 25.7 Å². The van der Waals surface area contributed by atoms with Gasteiger partial charge in [-0.05, 0) is 46.5 Å². The highest BCUT2D eigenvalue weighted by Crippen LogP contribution is 2.45. The predicted molar refractivity (Wildman–Crippen MR) is 182 cm³/mol. The van der Waals surface area contributed by atoms with Crippen LogP contribution < -0.4 is 16.2 Å². The van der Waals surface area contributed by atoms with Gasteiger partial charge in [-0.15, -0.1) is 22.7 Å². The second-order valence-corrected chi connectivity index (χ2v) is 15.4. The molecule has 1 aliphatic carbocycles. The predicted octanol–water partition coefficient (Wildman–Crippen LogP) is 4.01. The van der Waals surface area contributed by atoms with Crippen LogP contribution >= 0.6 is 22.7 Å². The van der Waals surface area contributed by atoms with E-state index in [0.29, 0.717) is 34.0 Å². The van der Waals surface area contributed by atoms with Crippen LogP contribution in [0.5, 0.6) is 0 Å². The summed E-state index contributed by atoms with van der Waals surface area (Å²) in [6.45, 7) is 5.08. The highest BCUT2D eigenvalue weighted by molar-refractivity contribution is 7.14. The molecule has 49 heavy (non-hydrogen) atoms. The Balaban J connectivity index is 1.38. The monoisotopic (exact) mass is 709 g/mol. The van der Waals surface area contributed by atoms with E-state index in [1.807, 2.05) is 12.2 Å². The largest absolute Gasteiger partial charge is 0.479 e. The lowest BCUT2D eigenvalue weighted by Crippen LogP contribution is -2.56. The molecule has 0 unspecified atom stereocenters. The standard InChI is InChI=1S/C33H39N7O7S2/c1-32(2,3)47-31(46)37-22-10-8-6-4-5-7-9-19-16-33(19,30(44)45)38-25(41)23-15-20(18-39(23)28(22)42)40-29(43)24(27-35-12-14-49-27)21(17-36-40)26-34-11-13-48-26/h7,9,11-14,17,19-20,22-23H,4-6,8,10,15-16,18H2,1-3H3,(H,37,46)(H,38,41)(H,44,45)/b9-7-/t19-,20+,22-,23-,33+/m0/s1. The topological polar surface area (TPSA) is 186 Å². The number of nitrogens with one attached hydrogen (secondary N) is 2. The molecule has 3 amide bonds. The molecule has 1 saturated carbocycles. The molecule has 16 heteroatoms. The van der Waals surface area contributed by atoms with E-state index >= 15 is 0 Å². The van der Waals surface area contributed by atoms with Crippen LogP contribution in [0.25, 0.3) is 21.1 Å². The molecule has 5 heterocycles. The van der Waals surface area contributed by atoms with E-state index in [4.69, 9.17) is 4.74 Å². The minimum absolute atomic E-state index is 0.00620. The van der Waals surface area contributed by atoms with E-state index in [-0.39, 0.29) is 25.3 Å². The smallest absolute Gasteiger partial charge is 0.408 e. The average molecular weight is 710 g/mol. The fraction of sp³-hybridized carbons (Fsp3) is 0.515. The average Bonchev–Trinajstić information content (AvgIpc) is 3.56. The van der Waals surface area contributed by atoms with E-state index in [1.165, 1.54) is 32.3 Å². The molecular formula is C33H39N7O7S2. The number of carbonyl (C=O) groups excluding carboxylic acids is 3. The molecule has 6 rings (SSSR count). The van der Waals surface area contributed by atoms with Gasteiger partial charge in [-0.3, -0.25) is 14.4 Å². The number of carboxylic acids is 1. The number of nitrogens with zero attached hydrogens (tertiary/aromatic N) is 5. The van der Waals surface area contributed by atoms with E-state index in [9.17, 15) is 29.1 Å². The van der Waals surface area contributed by atoms with Gasteiger partial charge in [-0.25, -0.2) is 24.2 Å². The van der Waals surface area contributed by atoms with Crippen molar-refractivity contribution in [2.45, 2.75) is 95.0 Å². The summed E-state index contributed by atoms with van der Waals surface area (Å²) in [6.07, 6.45) is 11.2. The van der Waals surface area contributed by atoms with Crippen molar-refractivity contribution in [1.82, 2.24) is 35.3 Å². The summed E-state index contributed by atoms with van der Waals surface area (Å²) in [6, 6.07) is -2.90. The van der Waals surface area contributed by atoms with Gasteiger partial charge in [0.15, 0.2) is 0 Å². The Kier molecular flexibility index (Phi) is 9.71. The van der Waals surface area contributed by atoms with Crippen molar-refractivity contribution in [3.63, 3.8) is 0 Å². The fourth-order valence-electron chi connectivity index (χ4n) is 6.50. The minimum Gasteiger partial charge on any atom is -0.479 e. The molecule has 260 valence electrons. The van der Waals surface area contributed by atoms with Crippen LogP contribution in [-0.2, 0) is 19.1 Å². The number of hydrogen-bond donors (Lipinski definition) is 3. The Hall–Kier alpha value is -4.44. The number of aromatic nitrogens is 4. The van der Waals surface area contributed by atoms with Crippen LogP contribution in [0.2, 0.25) is 0 Å². The maximum Gasteiger partial charge on any atom is 0.408 e. The van der Waals surface area contributed by atoms with E-state index in [1.54, 1.807) is 50.1 Å². The number of alkyl carbamates (subject to hydrolysis) is 1. The molecule has 5 atom stereocenters. The summed E-state index contributed by atoms with van der Waals surface area (Å²) in [5.41, 5.74) is -1.93. The van der Waals surface area contributed by atoms with Crippen molar-refractivity contribution < 1.29 is 29.0 Å². The van der Waals surface area contributed by atoms with Crippen LogP contribution in [0.1, 0.15) is 71.8 Å². The number of hydrogen-bond acceptors (Lipinski definition) is 11. The third-order valence-electron chi connectivity index (χ3n) is 8.99. The number of carbonyl (C=O) groups is 4. The molecule has 1 saturated heterocycles. The van der Waals surface area contributed by atoms with Gasteiger partial charge in [-0.2, -0.15) is 5.10 Å². The van der Waals surface area contributed by atoms with Gasteiger partial charge >= 0.3 is 12.1 Å². The number of allylic oxidation sites excluding steroid dienone is 1. The number of ether oxygens (including phenoxy) is 1. The van der Waals surface area contributed by atoms with Crippen LogP contribution in [0.4, 0.5) is 4.79 Å². The van der Waals surface area contributed by atoms with Crippen molar-refractivity contribution >= 4 is 46.6 Å². The molecule has 0 radical (unpaired) electrons. The van der Waals surface area contributed by atoms with Gasteiger partial charge in [0.05, 0.1) is 17.8 Å². The molecule has 14 nitrogen and oxygen atoms in total. The summed E-state index contributed by atoms with van der Waals surface area (Å²) in [5.74, 6) is -2.70. The third-order valence-corrected chi connectivity index (χ3v) is 10.6. The zero-order chi connectivity index (χ0) is 34.9. The van der Waals surface area contributed by atoms with Crippen LogP contribution in [-0.4, -0.2) is 83.4 Å². The summed E-state index contributed by atoms with van der Waals surface area (Å²) in [4.78, 5) is 78.1. The Morgan fingerprint density at radius 2 is 1.82 bits per heavy atom. The maximum atomic E-state index is 14.4. The molecular weight excluding hydrogens is 671 g/mol. The van der Waals surface area contributed by atoms with Crippen molar-refractivity contribution in [3.8, 4) is 21.1 Å². The van der Waals surface area contributed by atoms with Crippen molar-refractivity contribution in [2.75, 3.05) is 6.54 Å². The second kappa shape index (κ2) is 13.8. The Bertz CT molecular complexity index is 1800. The first-order valence-electron chi connectivity index (χ1n) is 16.3. The summed E-state index contributed by atoms with van der Waals surface area (Å²) < 4.78 is 6.73. The normalized spacial score (nSPS) is 26.8. The number of fused-ring (bicyclic) bond motifs is 2. The van der Waals surface area contributed by atoms with Crippen LogP contribution in [0, 0.1) is 5.92 Å². The first-order chi connectivity index (χ1) is 23.4. The third kappa shape index (κ3) is 7.29.